The second kappa shape index (κ2) is 27.2. The fourth-order valence-corrected chi connectivity index (χ4v) is 25.1. The maximum atomic E-state index is 17.4. The van der Waals surface area contributed by atoms with Crippen molar-refractivity contribution >= 4 is 92.0 Å². The zero-order chi connectivity index (χ0) is 76.8. The third-order valence-corrected chi connectivity index (χ3v) is 29.9. The minimum Gasteiger partial charge on any atom is -0.449 e. The van der Waals surface area contributed by atoms with Crippen LogP contribution in [0.2, 0.25) is 0 Å². The van der Waals surface area contributed by atoms with Crippen LogP contribution in [0.4, 0.5) is 35.5 Å². The molecule has 0 spiro atoms. The lowest BCUT2D eigenvalue weighted by atomic mass is 9.44. The highest BCUT2D eigenvalue weighted by molar-refractivity contribution is 8.26. The number of hydrogen-bond donors (Lipinski definition) is 4. The first-order chi connectivity index (χ1) is 47.7. The zero-order valence-electron chi connectivity index (χ0n) is 60.6. The van der Waals surface area contributed by atoms with Gasteiger partial charge in [0.25, 0.3) is 5.24 Å². The van der Waals surface area contributed by atoms with Crippen molar-refractivity contribution in [1.82, 2.24) is 4.90 Å². The molecule has 0 aromatic rings. The lowest BCUT2D eigenvalue weighted by molar-refractivity contribution is -0.228. The molecule has 0 saturated heterocycles. The van der Waals surface area contributed by atoms with Crippen LogP contribution in [0, 0.1) is 85.8 Å². The minimum atomic E-state index is -2.32. The van der Waals surface area contributed by atoms with Crippen molar-refractivity contribution in [1.29, 1.82) is 0 Å². The zero-order valence-corrected chi connectivity index (χ0v) is 63.1. The Bertz CT molecular complexity index is 3790. The maximum Gasteiger partial charge on any atom is 0.306 e. The van der Waals surface area contributed by atoms with Crippen LogP contribution in [-0.2, 0) is 57.4 Å². The largest absolute Gasteiger partial charge is 0.449 e. The van der Waals surface area contributed by atoms with Crippen LogP contribution >= 0.6 is 36.2 Å². The van der Waals surface area contributed by atoms with Gasteiger partial charge in [0.2, 0.25) is 15.3 Å². The number of esters is 3. The molecule has 1 amide bonds. The van der Waals surface area contributed by atoms with Gasteiger partial charge in [-0.1, -0.05) is 80.5 Å². The summed E-state index contributed by atoms with van der Waals surface area (Å²) in [5, 5.41) is 31.7. The fraction of sp³-hybridized carbons (Fsp3) is 0.711. The second-order valence-electron chi connectivity index (χ2n) is 32.6. The van der Waals surface area contributed by atoms with Gasteiger partial charge in [-0.3, -0.25) is 47.9 Å². The predicted octanol–water partition coefficient (Wildman–Crippen LogP) is 12.3. The number of halogens is 7. The van der Waals surface area contributed by atoms with Crippen LogP contribution in [0.25, 0.3) is 0 Å². The van der Waals surface area contributed by atoms with E-state index in [0.29, 0.717) is 29.9 Å². The van der Waals surface area contributed by atoms with Crippen LogP contribution in [-0.4, -0.2) is 167 Å². The quantitative estimate of drug-likeness (QED) is 0.0685. The number of amides is 1. The number of nitrogens with zero attached hydrogens (tertiary/aromatic N) is 1. The van der Waals surface area contributed by atoms with Gasteiger partial charge in [0, 0.05) is 113 Å². The lowest BCUT2D eigenvalue weighted by Gasteiger charge is -2.63. The second-order valence-corrected chi connectivity index (χ2v) is 34.8. The van der Waals surface area contributed by atoms with Crippen LogP contribution in [0.3, 0.4) is 0 Å². The summed E-state index contributed by atoms with van der Waals surface area (Å²) >= 11 is 4.91. The summed E-state index contributed by atoms with van der Waals surface area (Å²) < 4.78 is 129. The van der Waals surface area contributed by atoms with Crippen molar-refractivity contribution in [2.45, 2.75) is 231 Å². The number of carbonyl (C=O) groups is 10. The summed E-state index contributed by atoms with van der Waals surface area (Å²) in [4.78, 5) is 127. The molecule has 0 aromatic heterocycles. The van der Waals surface area contributed by atoms with E-state index >= 15 is 26.3 Å². The van der Waals surface area contributed by atoms with E-state index in [4.69, 9.17) is 14.2 Å². The Morgan fingerprint density at radius 2 is 0.777 bits per heavy atom. The molecule has 568 valence electrons. The molecular weight excluding hydrogens is 1410 g/mol. The molecule has 0 radical (unpaired) electrons. The van der Waals surface area contributed by atoms with Crippen LogP contribution in [0.5, 0.6) is 0 Å². The molecule has 17 nitrogen and oxygen atoms in total. The number of hydrogen-bond acceptors (Lipinski definition) is 18. The van der Waals surface area contributed by atoms with Crippen LogP contribution in [0.15, 0.2) is 71.4 Å². The van der Waals surface area contributed by atoms with E-state index in [1.165, 1.54) is 76.2 Å². The highest BCUT2D eigenvalue weighted by Gasteiger charge is 2.82. The number of rotatable bonds is 10. The number of ketones is 3. The first-order valence-electron chi connectivity index (χ1n) is 35.7. The summed E-state index contributed by atoms with van der Waals surface area (Å²) in [5.74, 6) is -9.60. The number of carbonyl (C=O) groups excluding carboxylic acids is 10. The number of fused-ring (bicyclic) bond motifs is 15. The van der Waals surface area contributed by atoms with Gasteiger partial charge >= 0.3 is 17.9 Å². The van der Waals surface area contributed by atoms with Gasteiger partial charge < -0.3 is 34.4 Å². The average molecular weight is 1510 g/mol. The number of ether oxygens (including phenoxy) is 3. The van der Waals surface area contributed by atoms with Gasteiger partial charge in [0.1, 0.15) is 24.5 Å². The van der Waals surface area contributed by atoms with Gasteiger partial charge in [-0.25, -0.2) is 30.7 Å². The molecule has 0 aromatic carbocycles. The predicted molar refractivity (Wildman–Crippen MR) is 371 cm³/mol. The normalized spacial score (nSPS) is 46.9. The molecule has 3 N–H and O–H groups in total. The van der Waals surface area contributed by atoms with Gasteiger partial charge in [-0.15, -0.1) is 12.6 Å². The van der Waals surface area contributed by atoms with Crippen molar-refractivity contribution in [2.24, 2.45) is 85.8 Å². The van der Waals surface area contributed by atoms with Gasteiger partial charge in [-0.05, 0) is 161 Å². The van der Waals surface area contributed by atoms with Crippen molar-refractivity contribution in [3.8, 4) is 0 Å². The summed E-state index contributed by atoms with van der Waals surface area (Å²) in [6.45, 7) is 19.6. The number of aliphatic hydroxyl groups is 3. The van der Waals surface area contributed by atoms with Crippen molar-refractivity contribution in [3.05, 3.63) is 71.4 Å². The molecule has 0 heterocycles. The van der Waals surface area contributed by atoms with Crippen LogP contribution < -0.4 is 0 Å². The van der Waals surface area contributed by atoms with Gasteiger partial charge in [-0.2, -0.15) is 0 Å². The maximum absolute atomic E-state index is 17.4. The summed E-state index contributed by atoms with van der Waals surface area (Å²) in [6, 6.07) is -1.02. The number of thiol groups is 1. The molecule has 27 heteroatoms. The van der Waals surface area contributed by atoms with E-state index in [0.717, 1.165) is 18.2 Å². The van der Waals surface area contributed by atoms with Gasteiger partial charge in [0.15, 0.2) is 51.2 Å². The Morgan fingerprint density at radius 3 is 1.06 bits per heavy atom. The Balaban J connectivity index is 0.000000166. The van der Waals surface area contributed by atoms with E-state index in [1.54, 1.807) is 62.3 Å². The topological polar surface area (TPSA) is 262 Å². The van der Waals surface area contributed by atoms with Crippen molar-refractivity contribution in [3.63, 3.8) is 0 Å². The minimum absolute atomic E-state index is 0.0133. The Morgan fingerprint density at radius 1 is 0.495 bits per heavy atom. The Kier molecular flexibility index (Phi) is 21.2. The molecule has 0 aliphatic heterocycles. The molecule has 9 fully saturated rings. The highest BCUT2D eigenvalue weighted by atomic mass is 32.2. The number of alkyl halides is 7. The summed E-state index contributed by atoms with van der Waals surface area (Å²) in [5.41, 5.74) is -20.2. The van der Waals surface area contributed by atoms with Gasteiger partial charge in [0.05, 0.1) is 18.3 Å². The molecule has 0 bridgehead atoms. The first-order valence-corrected chi connectivity index (χ1v) is 37.9. The SMILES string of the molecule is CCC(=O)O[C@]1(C(=O)S)[C@H](C)CC2C3C[C@H](F)C4=CC(=O)C=C[C@]4(C)[C@@]3(F)[C@@H](O)C[C@@]21C.CCC(=O)O[C@]1(C(=O)SC(=O)N(C)C)[C@H](C)CC2C3C[C@H](F)C4=CC(=O)C=C[C@]4(C)[C@@]3(F)[C@@H](O)C[C@@]21C.CCC(=O)O[C@]1(C(=O)SCF)[C@H](C)CC2C3C[C@H](F)C4=CC(=O)C=C[C@]4(C)[C@@]3(F)[C@@H](O)C[C@@]21C. The third-order valence-electron chi connectivity index (χ3n) is 27.9. The summed E-state index contributed by atoms with van der Waals surface area (Å²) in [7, 11) is 2.99. The third kappa shape index (κ3) is 10.9. The first kappa shape index (κ1) is 80.3. The standard InChI is InChI=1S/C27H35F2NO6S.C25H31F3O5S.C24H30F2O5S/c1-7-21(33)36-27(22(34)37-23(35)30(5)6)14(2)10-16-17-12-19(28)18-11-15(31)8-9-24(18,3)26(17,29)20(32)13-25(16,27)4;1-5-20(31)33-25(21(32)34-12-26)13(2)8-15-16-10-18(27)17-9-14(29)6-7-22(17,3)24(16,28)19(30)11-23(15,25)4;1-5-19(29)31-24(20(30)32)12(2)8-14-15-10-17(25)16-9-13(27)6-7-21(16,3)23(15,26)18(28)11-22(14,24)4/h8-9,11,14,16-17,19-20,32H,7,10,12-13H2,1-6H3;6-7,9,13,15-16,18-19,30H,5,8,10-12H2,1-4H3;6-7,9,12,14-15,17-18,28H,5,8,10-11H2,1-4H3,(H,30,32)/t14-,16?,17?,19+,20+,24+,25+,26+,27+;13-,15?,16?,18+,19+,22+,23+,24+,25+;12-,14?,15?,17+,18+,21+,22+,23+,24+/m111/s1. The molecule has 27 atom stereocenters. The molecular formula is C76H96F7NO16S3. The monoisotopic (exact) mass is 1510 g/mol. The lowest BCUT2D eigenvalue weighted by Crippen LogP contribution is -2.70. The smallest absolute Gasteiger partial charge is 0.306 e. The average Bonchev–Trinajstić information content (AvgIpc) is 1.62. The number of allylic oxidation sites excluding steroid dienone is 12. The molecule has 103 heavy (non-hydrogen) atoms. The fourth-order valence-electron chi connectivity index (χ4n) is 22.8. The van der Waals surface area contributed by atoms with E-state index in [-0.39, 0.29) is 87.3 Å². The number of thioether (sulfide) groups is 2. The molecule has 12 rings (SSSR count). The van der Waals surface area contributed by atoms with E-state index < -0.39 is 218 Å². The molecule has 12 aliphatic rings. The van der Waals surface area contributed by atoms with E-state index in [1.807, 2.05) is 0 Å². The molecule has 9 saturated carbocycles. The van der Waals surface area contributed by atoms with E-state index in [2.05, 4.69) is 12.6 Å². The summed E-state index contributed by atoms with van der Waals surface area (Å²) in [6.07, 6.45) is 0.897. The Labute approximate surface area is 610 Å². The molecule has 6 unspecified atom stereocenters. The number of aliphatic hydroxyl groups excluding tert-OH is 3. The highest BCUT2D eigenvalue weighted by Crippen LogP contribution is 2.76. The van der Waals surface area contributed by atoms with Crippen molar-refractivity contribution in [2.75, 3.05) is 20.1 Å². The van der Waals surface area contributed by atoms with Crippen molar-refractivity contribution < 1.29 is 108 Å². The van der Waals surface area contributed by atoms with E-state index in [9.17, 15) is 67.7 Å². The molecule has 12 aliphatic carbocycles. The Hall–Kier alpha value is -5.22. The van der Waals surface area contributed by atoms with Crippen LogP contribution in [0.1, 0.15) is 160 Å².